The highest BCUT2D eigenvalue weighted by Crippen LogP contribution is 2.50. The maximum absolute atomic E-state index is 15.7. The summed E-state index contributed by atoms with van der Waals surface area (Å²) in [6, 6.07) is 25.7. The zero-order chi connectivity index (χ0) is 29.8. The normalized spacial score (nSPS) is 20.1. The molecule has 0 spiro atoms. The van der Waals surface area contributed by atoms with Crippen LogP contribution in [0.1, 0.15) is 16.6 Å². The number of hydrogen-bond acceptors (Lipinski definition) is 9. The SMILES string of the molecule is O=C(Nc1ncnc2c1ncn2[C@@H]1O[C@H](OCP(=O)(Oc2ccccc2)Oc2ccccc2)[C@@H](I)C1F)c1ccccc1. The number of amides is 1. The quantitative estimate of drug-likeness (QED) is 0.0994. The zero-order valence-corrected chi connectivity index (χ0v) is 25.3. The Morgan fingerprint density at radius 3 is 2.16 bits per heavy atom. The number of carbonyl (C=O) groups is 1. The fraction of sp³-hybridized carbons (Fsp3) is 0.172. The summed E-state index contributed by atoms with van der Waals surface area (Å²) in [5.41, 5.74) is 0.948. The first-order chi connectivity index (χ1) is 20.9. The van der Waals surface area contributed by atoms with Crippen molar-refractivity contribution < 1.29 is 32.3 Å². The molecule has 6 rings (SSSR count). The fourth-order valence-electron chi connectivity index (χ4n) is 4.36. The number of hydrogen-bond donors (Lipinski definition) is 1. The Labute approximate surface area is 259 Å². The molecule has 11 nitrogen and oxygen atoms in total. The van der Waals surface area contributed by atoms with Crippen LogP contribution in [0.3, 0.4) is 0 Å². The second kappa shape index (κ2) is 12.8. The molecule has 1 saturated heterocycles. The number of nitrogens with zero attached hydrogens (tertiary/aromatic N) is 4. The molecule has 0 bridgehead atoms. The van der Waals surface area contributed by atoms with Crippen molar-refractivity contribution in [3.8, 4) is 11.5 Å². The highest BCUT2D eigenvalue weighted by atomic mass is 127. The molecule has 1 aliphatic heterocycles. The summed E-state index contributed by atoms with van der Waals surface area (Å²) in [5.74, 6) is 0.438. The number of anilines is 1. The van der Waals surface area contributed by atoms with Gasteiger partial charge in [0.1, 0.15) is 17.8 Å². The highest BCUT2D eigenvalue weighted by molar-refractivity contribution is 14.1. The summed E-state index contributed by atoms with van der Waals surface area (Å²) in [6.45, 7) is 0. The number of carbonyl (C=O) groups excluding carboxylic acids is 1. The summed E-state index contributed by atoms with van der Waals surface area (Å²) in [7, 11) is -3.93. The van der Waals surface area contributed by atoms with Crippen molar-refractivity contribution in [2.24, 2.45) is 0 Å². The molecule has 3 aromatic carbocycles. The van der Waals surface area contributed by atoms with Crippen LogP contribution in [-0.2, 0) is 14.0 Å². The third kappa shape index (κ3) is 6.54. The number of ether oxygens (including phenoxy) is 2. The van der Waals surface area contributed by atoms with Gasteiger partial charge in [0, 0.05) is 5.56 Å². The maximum atomic E-state index is 15.7. The predicted molar refractivity (Wildman–Crippen MR) is 164 cm³/mol. The van der Waals surface area contributed by atoms with Gasteiger partial charge in [-0.25, -0.2) is 23.9 Å². The van der Waals surface area contributed by atoms with Crippen LogP contribution in [0.25, 0.3) is 11.2 Å². The number of para-hydroxylation sites is 2. The Hall–Kier alpha value is -3.91. The Kier molecular flexibility index (Phi) is 8.66. The van der Waals surface area contributed by atoms with Crippen molar-refractivity contribution in [3.05, 3.63) is 109 Å². The van der Waals surface area contributed by atoms with Gasteiger partial charge in [0.05, 0.1) is 10.3 Å². The summed E-state index contributed by atoms with van der Waals surface area (Å²) in [5, 5.41) is 2.73. The molecule has 3 heterocycles. The molecule has 4 atom stereocenters. The van der Waals surface area contributed by atoms with E-state index in [1.54, 1.807) is 91.0 Å². The van der Waals surface area contributed by atoms with Crippen molar-refractivity contribution in [2.75, 3.05) is 11.7 Å². The van der Waals surface area contributed by atoms with Crippen LogP contribution in [-0.4, -0.2) is 48.2 Å². The summed E-state index contributed by atoms with van der Waals surface area (Å²) in [4.78, 5) is 25.4. The molecule has 1 fully saturated rings. The standard InChI is InChI=1S/C29H24FIN5O6P/c30-22-23(31)29(39-18-43(38,41-20-12-6-2-7-13-20)42-21-14-8-3-9-15-21)40-28(22)36-17-34-24-25(32-16-33-26(24)36)35-27(37)19-10-4-1-5-11-19/h1-17,22-23,28-29H,18H2,(H,32,33,35,37)/t22?,23-,28+,29-/m0/s1. The fourth-order valence-corrected chi connectivity index (χ4v) is 6.45. The van der Waals surface area contributed by atoms with E-state index in [2.05, 4.69) is 20.3 Å². The summed E-state index contributed by atoms with van der Waals surface area (Å²) >= 11 is 1.89. The number of aromatic nitrogens is 4. The number of imidazole rings is 1. The number of halogens is 2. The van der Waals surface area contributed by atoms with Gasteiger partial charge in [0.2, 0.25) is 0 Å². The van der Waals surface area contributed by atoms with E-state index in [4.69, 9.17) is 18.5 Å². The minimum absolute atomic E-state index is 0.168. The molecule has 0 radical (unpaired) electrons. The van der Waals surface area contributed by atoms with Crippen molar-refractivity contribution in [2.45, 2.75) is 22.6 Å². The van der Waals surface area contributed by atoms with E-state index in [0.717, 1.165) is 0 Å². The lowest BCUT2D eigenvalue weighted by atomic mass is 10.2. The van der Waals surface area contributed by atoms with Crippen molar-refractivity contribution in [1.29, 1.82) is 0 Å². The van der Waals surface area contributed by atoms with E-state index < -0.39 is 36.6 Å². The van der Waals surface area contributed by atoms with Gasteiger partial charge in [-0.15, -0.1) is 0 Å². The van der Waals surface area contributed by atoms with E-state index >= 15 is 4.39 Å². The van der Waals surface area contributed by atoms with Gasteiger partial charge in [-0.05, 0) is 36.4 Å². The lowest BCUT2D eigenvalue weighted by molar-refractivity contribution is -0.140. The monoisotopic (exact) mass is 715 g/mol. The summed E-state index contributed by atoms with van der Waals surface area (Å²) in [6.07, 6.45) is -1.73. The first-order valence-corrected chi connectivity index (χ1v) is 16.0. The third-order valence-electron chi connectivity index (χ3n) is 6.38. The molecular formula is C29H24FIN5O6P. The zero-order valence-electron chi connectivity index (χ0n) is 22.3. The van der Waals surface area contributed by atoms with Gasteiger partial charge < -0.3 is 23.8 Å². The van der Waals surface area contributed by atoms with Gasteiger partial charge >= 0.3 is 7.60 Å². The molecule has 1 N–H and O–H groups in total. The molecule has 220 valence electrons. The minimum Gasteiger partial charge on any atom is -0.415 e. The maximum Gasteiger partial charge on any atom is 0.456 e. The Balaban J connectivity index is 1.19. The van der Waals surface area contributed by atoms with Gasteiger partial charge in [-0.3, -0.25) is 9.36 Å². The van der Waals surface area contributed by atoms with Crippen molar-refractivity contribution in [1.82, 2.24) is 19.5 Å². The van der Waals surface area contributed by atoms with Gasteiger partial charge in [0.25, 0.3) is 5.91 Å². The average Bonchev–Trinajstić information content (AvgIpc) is 3.58. The highest BCUT2D eigenvalue weighted by Gasteiger charge is 2.47. The molecule has 1 amide bonds. The number of fused-ring (bicyclic) bond motifs is 1. The molecule has 1 aliphatic rings. The van der Waals surface area contributed by atoms with Gasteiger partial charge in [0.15, 0.2) is 42.0 Å². The van der Waals surface area contributed by atoms with E-state index in [0.29, 0.717) is 17.1 Å². The van der Waals surface area contributed by atoms with Gasteiger partial charge in [-0.2, -0.15) is 0 Å². The van der Waals surface area contributed by atoms with Crippen LogP contribution in [0.5, 0.6) is 11.5 Å². The van der Waals surface area contributed by atoms with Crippen LogP contribution >= 0.6 is 30.2 Å². The Morgan fingerprint density at radius 2 is 1.53 bits per heavy atom. The van der Waals surface area contributed by atoms with Gasteiger partial charge in [-0.1, -0.05) is 77.2 Å². The predicted octanol–water partition coefficient (Wildman–Crippen LogP) is 6.40. The van der Waals surface area contributed by atoms with E-state index in [-0.39, 0.29) is 22.9 Å². The third-order valence-corrected chi connectivity index (χ3v) is 9.10. The smallest absolute Gasteiger partial charge is 0.415 e. The van der Waals surface area contributed by atoms with Crippen molar-refractivity contribution >= 4 is 53.1 Å². The number of nitrogens with one attached hydrogen (secondary N) is 1. The van der Waals surface area contributed by atoms with E-state index in [1.165, 1.54) is 17.2 Å². The van der Waals surface area contributed by atoms with Crippen LogP contribution in [0.4, 0.5) is 10.2 Å². The minimum atomic E-state index is -3.93. The summed E-state index contributed by atoms with van der Waals surface area (Å²) < 4.78 is 53.4. The van der Waals surface area contributed by atoms with E-state index in [1.807, 2.05) is 22.6 Å². The lowest BCUT2D eigenvalue weighted by Crippen LogP contribution is -2.25. The first-order valence-electron chi connectivity index (χ1n) is 13.1. The molecule has 0 saturated carbocycles. The molecule has 2 aromatic heterocycles. The number of alkyl halides is 2. The average molecular weight is 715 g/mol. The van der Waals surface area contributed by atoms with Crippen LogP contribution in [0, 0.1) is 0 Å². The molecule has 1 unspecified atom stereocenters. The molecule has 5 aromatic rings. The number of benzene rings is 3. The lowest BCUT2D eigenvalue weighted by Gasteiger charge is -2.22. The van der Waals surface area contributed by atoms with Crippen molar-refractivity contribution in [3.63, 3.8) is 0 Å². The topological polar surface area (TPSA) is 127 Å². The Morgan fingerprint density at radius 1 is 0.930 bits per heavy atom. The second-order valence-electron chi connectivity index (χ2n) is 9.37. The first kappa shape index (κ1) is 29.2. The number of rotatable bonds is 10. The largest absolute Gasteiger partial charge is 0.456 e. The molecule has 43 heavy (non-hydrogen) atoms. The molecular weight excluding hydrogens is 691 g/mol. The Bertz CT molecular complexity index is 1700. The van der Waals surface area contributed by atoms with E-state index in [9.17, 15) is 9.36 Å². The van der Waals surface area contributed by atoms with Crippen LogP contribution in [0.15, 0.2) is 104 Å². The van der Waals surface area contributed by atoms with Crippen LogP contribution < -0.4 is 14.4 Å². The molecule has 0 aliphatic carbocycles. The molecule has 14 heteroatoms. The second-order valence-corrected chi connectivity index (χ2v) is 12.6. The van der Waals surface area contributed by atoms with Crippen LogP contribution in [0.2, 0.25) is 0 Å².